The monoisotopic (exact) mass is 289 g/mol. The minimum atomic E-state index is -0.433. The van der Waals surface area contributed by atoms with Crippen molar-refractivity contribution in [3.63, 3.8) is 0 Å². The van der Waals surface area contributed by atoms with Crippen LogP contribution in [-0.4, -0.2) is 16.6 Å². The standard InChI is InChI=1S/C15H19N3O3/c1-3-7-17-8-6-12(11-17)10-16-14-5-4-13(18(19)20)9-15(14)21-2/h4-6,8-9,11,16H,3,7,10H2,1-2H3. The largest absolute Gasteiger partial charge is 0.494 e. The van der Waals surface area contributed by atoms with E-state index in [-0.39, 0.29) is 5.69 Å². The van der Waals surface area contributed by atoms with Crippen molar-refractivity contribution in [2.24, 2.45) is 0 Å². The Balaban J connectivity index is 2.06. The lowest BCUT2D eigenvalue weighted by atomic mass is 10.2. The van der Waals surface area contributed by atoms with E-state index in [0.29, 0.717) is 12.3 Å². The maximum absolute atomic E-state index is 10.8. The van der Waals surface area contributed by atoms with E-state index in [0.717, 1.165) is 24.2 Å². The van der Waals surface area contributed by atoms with E-state index >= 15 is 0 Å². The number of non-ortho nitro benzene ring substituents is 1. The molecule has 0 spiro atoms. The van der Waals surface area contributed by atoms with E-state index < -0.39 is 4.92 Å². The number of nitro benzene ring substituents is 1. The summed E-state index contributed by atoms with van der Waals surface area (Å²) in [4.78, 5) is 10.3. The average Bonchev–Trinajstić information content (AvgIpc) is 2.93. The molecule has 1 N–H and O–H groups in total. The van der Waals surface area contributed by atoms with Crippen molar-refractivity contribution in [2.45, 2.75) is 26.4 Å². The Morgan fingerprint density at radius 3 is 2.86 bits per heavy atom. The number of benzene rings is 1. The first kappa shape index (κ1) is 14.9. The zero-order valence-electron chi connectivity index (χ0n) is 12.2. The van der Waals surface area contributed by atoms with Gasteiger partial charge in [0.25, 0.3) is 5.69 Å². The second-order valence-electron chi connectivity index (χ2n) is 4.75. The minimum Gasteiger partial charge on any atom is -0.494 e. The Morgan fingerprint density at radius 1 is 1.38 bits per heavy atom. The molecule has 2 aromatic rings. The van der Waals surface area contributed by atoms with Crippen molar-refractivity contribution >= 4 is 11.4 Å². The molecule has 0 saturated carbocycles. The highest BCUT2D eigenvalue weighted by atomic mass is 16.6. The molecule has 112 valence electrons. The number of nitrogens with zero attached hydrogens (tertiary/aromatic N) is 2. The average molecular weight is 289 g/mol. The molecule has 0 saturated heterocycles. The summed E-state index contributed by atoms with van der Waals surface area (Å²) in [6.45, 7) is 3.78. The lowest BCUT2D eigenvalue weighted by molar-refractivity contribution is -0.384. The van der Waals surface area contributed by atoms with Gasteiger partial charge in [-0.25, -0.2) is 0 Å². The zero-order chi connectivity index (χ0) is 15.2. The summed E-state index contributed by atoms with van der Waals surface area (Å²) in [5.41, 5.74) is 1.92. The van der Waals surface area contributed by atoms with Gasteiger partial charge in [0.2, 0.25) is 0 Å². The summed E-state index contributed by atoms with van der Waals surface area (Å²) in [5, 5.41) is 14.0. The van der Waals surface area contributed by atoms with Gasteiger partial charge in [-0.3, -0.25) is 10.1 Å². The number of aromatic nitrogens is 1. The van der Waals surface area contributed by atoms with Crippen LogP contribution in [0.2, 0.25) is 0 Å². The van der Waals surface area contributed by atoms with Crippen LogP contribution in [0.3, 0.4) is 0 Å². The van der Waals surface area contributed by atoms with Crippen molar-refractivity contribution in [3.05, 3.63) is 52.3 Å². The molecule has 0 aliphatic heterocycles. The second-order valence-corrected chi connectivity index (χ2v) is 4.75. The summed E-state index contributed by atoms with van der Waals surface area (Å²) in [6.07, 6.45) is 5.24. The third-order valence-corrected chi connectivity index (χ3v) is 3.17. The molecule has 0 aliphatic carbocycles. The van der Waals surface area contributed by atoms with Gasteiger partial charge in [-0.2, -0.15) is 0 Å². The predicted octanol–water partition coefficient (Wildman–Crippen LogP) is 3.43. The molecule has 0 atom stereocenters. The Morgan fingerprint density at radius 2 is 2.19 bits per heavy atom. The van der Waals surface area contributed by atoms with Crippen LogP contribution in [0.5, 0.6) is 5.75 Å². The van der Waals surface area contributed by atoms with Gasteiger partial charge >= 0.3 is 0 Å². The molecular weight excluding hydrogens is 270 g/mol. The minimum absolute atomic E-state index is 0.0199. The Labute approximate surface area is 123 Å². The fraction of sp³-hybridized carbons (Fsp3) is 0.333. The molecule has 0 radical (unpaired) electrons. The van der Waals surface area contributed by atoms with Crippen LogP contribution < -0.4 is 10.1 Å². The predicted molar refractivity (Wildman–Crippen MR) is 81.7 cm³/mol. The molecule has 1 heterocycles. The molecule has 0 unspecified atom stereocenters. The van der Waals surface area contributed by atoms with E-state index in [2.05, 4.69) is 29.1 Å². The molecule has 21 heavy (non-hydrogen) atoms. The van der Waals surface area contributed by atoms with Crippen molar-refractivity contribution in [1.29, 1.82) is 0 Å². The van der Waals surface area contributed by atoms with Crippen LogP contribution in [0.4, 0.5) is 11.4 Å². The molecule has 2 rings (SSSR count). The number of anilines is 1. The highest BCUT2D eigenvalue weighted by Crippen LogP contribution is 2.29. The highest BCUT2D eigenvalue weighted by molar-refractivity contribution is 5.60. The van der Waals surface area contributed by atoms with Gasteiger partial charge in [0.05, 0.1) is 23.8 Å². The number of nitro groups is 1. The fourth-order valence-corrected chi connectivity index (χ4v) is 2.13. The smallest absolute Gasteiger partial charge is 0.273 e. The molecule has 0 aliphatic rings. The Kier molecular flexibility index (Phi) is 4.81. The molecule has 1 aromatic heterocycles. The summed E-state index contributed by atoms with van der Waals surface area (Å²) < 4.78 is 7.34. The first-order valence-corrected chi connectivity index (χ1v) is 6.85. The molecule has 6 heteroatoms. The molecule has 1 aromatic carbocycles. The normalized spacial score (nSPS) is 10.4. The van der Waals surface area contributed by atoms with Gasteiger partial charge in [0.1, 0.15) is 5.75 Å². The summed E-state index contributed by atoms with van der Waals surface area (Å²) in [6, 6.07) is 6.61. The summed E-state index contributed by atoms with van der Waals surface area (Å²) >= 11 is 0. The van der Waals surface area contributed by atoms with Gasteiger partial charge in [-0.15, -0.1) is 0 Å². The number of nitrogens with one attached hydrogen (secondary N) is 1. The van der Waals surface area contributed by atoms with E-state index in [4.69, 9.17) is 4.74 Å². The first-order chi connectivity index (χ1) is 10.1. The number of ether oxygens (including phenoxy) is 1. The number of aryl methyl sites for hydroxylation is 1. The lowest BCUT2D eigenvalue weighted by Crippen LogP contribution is -2.01. The number of hydrogen-bond acceptors (Lipinski definition) is 4. The van der Waals surface area contributed by atoms with Gasteiger partial charge in [-0.05, 0) is 24.1 Å². The van der Waals surface area contributed by atoms with Gasteiger partial charge in [0, 0.05) is 31.5 Å². The first-order valence-electron chi connectivity index (χ1n) is 6.85. The molecule has 0 fully saturated rings. The topological polar surface area (TPSA) is 69.3 Å². The van der Waals surface area contributed by atoms with Crippen molar-refractivity contribution < 1.29 is 9.66 Å². The highest BCUT2D eigenvalue weighted by Gasteiger charge is 2.11. The lowest BCUT2D eigenvalue weighted by Gasteiger charge is -2.10. The number of rotatable bonds is 7. The van der Waals surface area contributed by atoms with E-state index in [1.807, 2.05) is 6.20 Å². The third-order valence-electron chi connectivity index (χ3n) is 3.17. The maximum atomic E-state index is 10.8. The third kappa shape index (κ3) is 3.75. The van der Waals surface area contributed by atoms with E-state index in [1.54, 1.807) is 6.07 Å². The van der Waals surface area contributed by atoms with Crippen LogP contribution in [0.15, 0.2) is 36.7 Å². The number of hydrogen-bond donors (Lipinski definition) is 1. The summed E-state index contributed by atoms with van der Waals surface area (Å²) in [5.74, 6) is 0.470. The number of methoxy groups -OCH3 is 1. The van der Waals surface area contributed by atoms with Crippen molar-refractivity contribution in [1.82, 2.24) is 4.57 Å². The van der Waals surface area contributed by atoms with Crippen molar-refractivity contribution in [3.8, 4) is 5.75 Å². The Bertz CT molecular complexity index is 622. The van der Waals surface area contributed by atoms with Crippen LogP contribution in [-0.2, 0) is 13.1 Å². The molecule has 0 amide bonds. The van der Waals surface area contributed by atoms with Gasteiger partial charge in [-0.1, -0.05) is 6.92 Å². The van der Waals surface area contributed by atoms with E-state index in [9.17, 15) is 10.1 Å². The Hall–Kier alpha value is -2.50. The second kappa shape index (κ2) is 6.78. The molecule has 0 bridgehead atoms. The van der Waals surface area contributed by atoms with Gasteiger partial charge < -0.3 is 14.6 Å². The molecule has 6 nitrogen and oxygen atoms in total. The van der Waals surface area contributed by atoms with E-state index in [1.165, 1.54) is 19.2 Å². The van der Waals surface area contributed by atoms with Crippen LogP contribution in [0.25, 0.3) is 0 Å². The molecular formula is C15H19N3O3. The van der Waals surface area contributed by atoms with Crippen LogP contribution in [0, 0.1) is 10.1 Å². The quantitative estimate of drug-likeness (QED) is 0.626. The van der Waals surface area contributed by atoms with Crippen molar-refractivity contribution in [2.75, 3.05) is 12.4 Å². The van der Waals surface area contributed by atoms with Crippen LogP contribution in [0.1, 0.15) is 18.9 Å². The van der Waals surface area contributed by atoms with Gasteiger partial charge in [0.15, 0.2) is 0 Å². The maximum Gasteiger partial charge on any atom is 0.273 e. The van der Waals surface area contributed by atoms with Crippen LogP contribution >= 0.6 is 0 Å². The zero-order valence-corrected chi connectivity index (χ0v) is 12.2. The SMILES string of the molecule is CCCn1ccc(CNc2ccc([N+](=O)[O-])cc2OC)c1. The summed E-state index contributed by atoms with van der Waals surface area (Å²) in [7, 11) is 1.50. The fourth-order valence-electron chi connectivity index (χ4n) is 2.13.